The number of amides is 3. The highest BCUT2D eigenvalue weighted by Gasteiger charge is 2.76. The van der Waals surface area contributed by atoms with Gasteiger partial charge in [0.25, 0.3) is 0 Å². The fourth-order valence-electron chi connectivity index (χ4n) is 6.43. The highest BCUT2D eigenvalue weighted by molar-refractivity contribution is 9.09. The Morgan fingerprint density at radius 1 is 1.13 bits per heavy atom. The molecule has 0 aliphatic carbocycles. The Hall–Kier alpha value is -2.36. The van der Waals surface area contributed by atoms with Crippen LogP contribution in [0.3, 0.4) is 0 Å². The van der Waals surface area contributed by atoms with E-state index in [2.05, 4.69) is 33.5 Å². The van der Waals surface area contributed by atoms with Gasteiger partial charge in [0.1, 0.15) is 6.04 Å². The third kappa shape index (κ3) is 4.77. The fraction of sp³-hybridized carbons (Fsp3) is 0.483. The van der Waals surface area contributed by atoms with Crippen LogP contribution in [0.5, 0.6) is 0 Å². The highest BCUT2D eigenvalue weighted by Crippen LogP contribution is 2.68. The second-order valence-corrected chi connectivity index (χ2v) is 13.2. The molecule has 202 valence electrons. The summed E-state index contributed by atoms with van der Waals surface area (Å²) in [4.78, 5) is 43.5. The Balaban J connectivity index is 1.51. The molecule has 3 heterocycles. The number of carbonyl (C=O) groups is 3. The van der Waals surface area contributed by atoms with Crippen LogP contribution in [0.15, 0.2) is 60.7 Å². The van der Waals surface area contributed by atoms with Gasteiger partial charge in [-0.15, -0.1) is 11.8 Å². The lowest BCUT2D eigenvalue weighted by atomic mass is 9.70. The summed E-state index contributed by atoms with van der Waals surface area (Å²) in [6.45, 7) is 2.32. The van der Waals surface area contributed by atoms with Gasteiger partial charge < -0.3 is 20.6 Å². The lowest BCUT2D eigenvalue weighted by Crippen LogP contribution is -2.57. The van der Waals surface area contributed by atoms with E-state index in [4.69, 9.17) is 0 Å². The summed E-state index contributed by atoms with van der Waals surface area (Å²) >= 11 is 5.41. The van der Waals surface area contributed by atoms with Crippen LogP contribution in [-0.4, -0.2) is 67.8 Å². The molecule has 2 bridgehead atoms. The number of nitrogens with one attached hydrogen (secondary N) is 2. The number of unbranched alkanes of at least 4 members (excludes halogenated alkanes) is 1. The van der Waals surface area contributed by atoms with Crippen molar-refractivity contribution in [1.29, 1.82) is 0 Å². The van der Waals surface area contributed by atoms with Crippen molar-refractivity contribution in [1.82, 2.24) is 10.2 Å². The van der Waals surface area contributed by atoms with Crippen molar-refractivity contribution in [2.24, 2.45) is 11.8 Å². The normalized spacial score (nSPS) is 30.2. The highest BCUT2D eigenvalue weighted by atomic mass is 79.9. The molecular formula is C29H34BrN3O4S. The third-order valence-corrected chi connectivity index (χ3v) is 11.3. The predicted molar refractivity (Wildman–Crippen MR) is 153 cm³/mol. The van der Waals surface area contributed by atoms with Crippen LogP contribution >= 0.6 is 27.7 Å². The number of fused-ring (bicyclic) bond motifs is 1. The molecule has 0 aromatic heterocycles. The van der Waals surface area contributed by atoms with Gasteiger partial charge in [0.15, 0.2) is 0 Å². The molecule has 3 aliphatic heterocycles. The fourth-order valence-corrected chi connectivity index (χ4v) is 10.0. The van der Waals surface area contributed by atoms with Gasteiger partial charge in [0, 0.05) is 22.3 Å². The molecule has 3 aliphatic rings. The molecular weight excluding hydrogens is 566 g/mol. The zero-order valence-corrected chi connectivity index (χ0v) is 23.8. The minimum absolute atomic E-state index is 0.00401. The number of rotatable bonds is 10. The van der Waals surface area contributed by atoms with Crippen molar-refractivity contribution >= 4 is 51.1 Å². The van der Waals surface area contributed by atoms with Gasteiger partial charge in [-0.05, 0) is 37.0 Å². The molecule has 2 aromatic carbocycles. The molecule has 7 nitrogen and oxygen atoms in total. The van der Waals surface area contributed by atoms with E-state index in [1.165, 1.54) is 0 Å². The quantitative estimate of drug-likeness (QED) is 0.286. The second-order valence-electron chi connectivity index (χ2n) is 10.4. The Kier molecular flexibility index (Phi) is 8.16. The monoisotopic (exact) mass is 599 g/mol. The van der Waals surface area contributed by atoms with E-state index < -0.39 is 28.7 Å². The molecule has 2 aromatic rings. The van der Waals surface area contributed by atoms with Crippen molar-refractivity contribution in [3.8, 4) is 0 Å². The van der Waals surface area contributed by atoms with E-state index in [1.807, 2.05) is 60.7 Å². The van der Waals surface area contributed by atoms with Gasteiger partial charge in [-0.1, -0.05) is 77.8 Å². The summed E-state index contributed by atoms with van der Waals surface area (Å²) in [5.41, 5.74) is 1.66. The molecule has 3 N–H and O–H groups in total. The number of anilines is 1. The molecule has 9 heteroatoms. The first-order valence-electron chi connectivity index (χ1n) is 13.3. The number of hydrogen-bond donors (Lipinski definition) is 3. The number of thioether (sulfide) groups is 1. The molecule has 3 unspecified atom stereocenters. The molecule has 0 saturated carbocycles. The molecule has 7 atom stereocenters. The number of halogens is 1. The van der Waals surface area contributed by atoms with Gasteiger partial charge in [-0.3, -0.25) is 14.4 Å². The maximum atomic E-state index is 14.3. The number of nitrogens with zero attached hydrogens (tertiary/aromatic N) is 1. The summed E-state index contributed by atoms with van der Waals surface area (Å²) in [5, 5.41) is 16.5. The number of likely N-dealkylation sites (tertiary alicyclic amines) is 1. The van der Waals surface area contributed by atoms with Gasteiger partial charge in [-0.2, -0.15) is 0 Å². The lowest BCUT2D eigenvalue weighted by molar-refractivity contribution is -0.142. The molecule has 1 spiro atoms. The van der Waals surface area contributed by atoms with Crippen molar-refractivity contribution < 1.29 is 19.5 Å². The standard InChI is InChI=1S/C29H34BrN3O4S/c1-2-3-14-31-27(36)25-29-16-21(30)24(38-29)22(26(35)32-19-12-8-5-9-13-19)23(29)28(37)33(25)20(17-34)15-18-10-6-4-7-11-18/h4-13,20-25,34H,2-3,14-17H2,1H3,(H,31,36)(H,32,35)/t20-,21?,22-,23+,24-,25?,29?/m1/s1. The first kappa shape index (κ1) is 27.2. The van der Waals surface area contributed by atoms with Crippen molar-refractivity contribution in [3.05, 3.63) is 66.2 Å². The van der Waals surface area contributed by atoms with Gasteiger partial charge in [0.2, 0.25) is 17.7 Å². The zero-order valence-electron chi connectivity index (χ0n) is 21.4. The maximum Gasteiger partial charge on any atom is 0.244 e. The number of hydrogen-bond acceptors (Lipinski definition) is 5. The molecule has 5 rings (SSSR count). The van der Waals surface area contributed by atoms with E-state index in [-0.39, 0.29) is 34.4 Å². The zero-order chi connectivity index (χ0) is 26.9. The van der Waals surface area contributed by atoms with E-state index in [9.17, 15) is 19.5 Å². The van der Waals surface area contributed by atoms with Crippen LogP contribution in [0, 0.1) is 11.8 Å². The molecule has 3 amide bonds. The van der Waals surface area contributed by atoms with Crippen LogP contribution in [-0.2, 0) is 20.8 Å². The topological polar surface area (TPSA) is 98.7 Å². The Morgan fingerprint density at radius 3 is 2.47 bits per heavy atom. The number of alkyl halides is 1. The van der Waals surface area contributed by atoms with Crippen LogP contribution in [0.2, 0.25) is 0 Å². The van der Waals surface area contributed by atoms with Crippen molar-refractivity contribution in [2.45, 2.75) is 59.5 Å². The first-order chi connectivity index (χ1) is 18.4. The summed E-state index contributed by atoms with van der Waals surface area (Å²) in [7, 11) is 0. The van der Waals surface area contributed by atoms with E-state index in [0.29, 0.717) is 25.1 Å². The SMILES string of the molecule is CCCCNC(=O)C1N([C@@H](CO)Cc2ccccc2)C(=O)[C@@H]2[C@@H](C(=O)Nc3ccccc3)[C@@H]3SC12CC3Br. The van der Waals surface area contributed by atoms with Crippen LogP contribution in [0.4, 0.5) is 5.69 Å². The summed E-state index contributed by atoms with van der Waals surface area (Å²) in [6, 6.07) is 17.6. The van der Waals surface area contributed by atoms with Gasteiger partial charge >= 0.3 is 0 Å². The number of carbonyl (C=O) groups excluding carboxylic acids is 3. The lowest BCUT2D eigenvalue weighted by Gasteiger charge is -2.37. The van der Waals surface area contributed by atoms with Crippen molar-refractivity contribution in [3.63, 3.8) is 0 Å². The largest absolute Gasteiger partial charge is 0.394 e. The Labute approximate surface area is 236 Å². The number of aliphatic hydroxyl groups is 1. The summed E-state index contributed by atoms with van der Waals surface area (Å²) in [6.07, 6.45) is 2.82. The van der Waals surface area contributed by atoms with Crippen molar-refractivity contribution in [2.75, 3.05) is 18.5 Å². The summed E-state index contributed by atoms with van der Waals surface area (Å²) < 4.78 is -0.741. The Morgan fingerprint density at radius 2 is 1.82 bits per heavy atom. The van der Waals surface area contributed by atoms with E-state index in [1.54, 1.807) is 16.7 Å². The van der Waals surface area contributed by atoms with E-state index >= 15 is 0 Å². The number of benzene rings is 2. The molecule has 38 heavy (non-hydrogen) atoms. The van der Waals surface area contributed by atoms with E-state index in [0.717, 1.165) is 18.4 Å². The van der Waals surface area contributed by atoms with Crippen LogP contribution in [0.25, 0.3) is 0 Å². The molecule has 0 radical (unpaired) electrons. The minimum Gasteiger partial charge on any atom is -0.394 e. The maximum absolute atomic E-state index is 14.3. The van der Waals surface area contributed by atoms with Crippen LogP contribution < -0.4 is 10.6 Å². The van der Waals surface area contributed by atoms with Gasteiger partial charge in [-0.25, -0.2) is 0 Å². The minimum atomic E-state index is -0.762. The first-order valence-corrected chi connectivity index (χ1v) is 15.1. The molecule has 3 saturated heterocycles. The predicted octanol–water partition coefficient (Wildman–Crippen LogP) is 3.61. The third-order valence-electron chi connectivity index (χ3n) is 8.07. The smallest absolute Gasteiger partial charge is 0.244 e. The number of para-hydroxylation sites is 1. The Bertz CT molecular complexity index is 1170. The van der Waals surface area contributed by atoms with Crippen LogP contribution in [0.1, 0.15) is 31.7 Å². The average Bonchev–Trinajstić information content (AvgIpc) is 3.52. The van der Waals surface area contributed by atoms with Gasteiger partial charge in [0.05, 0.1) is 29.2 Å². The number of aliphatic hydroxyl groups excluding tert-OH is 1. The second kappa shape index (κ2) is 11.4. The summed E-state index contributed by atoms with van der Waals surface area (Å²) in [5.74, 6) is -1.83. The molecule has 3 fully saturated rings. The average molecular weight is 601 g/mol.